The van der Waals surface area contributed by atoms with Crippen molar-refractivity contribution in [3.05, 3.63) is 102 Å². The average Bonchev–Trinajstić information content (AvgIpc) is 2.79. The van der Waals surface area contributed by atoms with Crippen LogP contribution in [0.4, 0.5) is 0 Å². The van der Waals surface area contributed by atoms with Crippen LogP contribution >= 0.6 is 11.6 Å². The summed E-state index contributed by atoms with van der Waals surface area (Å²) in [7, 11) is 0. The van der Waals surface area contributed by atoms with Crippen LogP contribution in [0, 0.1) is 0 Å². The third kappa shape index (κ3) is 4.33. The second-order valence-corrected chi connectivity index (χ2v) is 6.64. The van der Waals surface area contributed by atoms with Crippen LogP contribution in [0.25, 0.3) is 0 Å². The van der Waals surface area contributed by atoms with Crippen molar-refractivity contribution in [2.45, 2.75) is 6.23 Å². The maximum Gasteiger partial charge on any atom is 0.249 e. The molecule has 0 bridgehead atoms. The smallest absolute Gasteiger partial charge is 0.249 e. The molecule has 1 heterocycles. The van der Waals surface area contributed by atoms with Gasteiger partial charge in [0.25, 0.3) is 0 Å². The van der Waals surface area contributed by atoms with E-state index in [1.807, 2.05) is 54.6 Å². The molecule has 0 fully saturated rings. The van der Waals surface area contributed by atoms with E-state index in [0.717, 1.165) is 15.5 Å². The van der Waals surface area contributed by atoms with Gasteiger partial charge in [-0.3, -0.25) is 0 Å². The summed E-state index contributed by atoms with van der Waals surface area (Å²) < 4.78 is 11.9. The minimum Gasteiger partial charge on any atom is -0.467 e. The van der Waals surface area contributed by atoms with E-state index in [9.17, 15) is 0 Å². The SMILES string of the molecule is NN1C(Oc2ccccc2)=C(Cl)C(Oc2ccccc2)N(N)N1Oc1ccccc1. The number of hydrogen-bond acceptors (Lipinski definition) is 8. The van der Waals surface area contributed by atoms with E-state index >= 15 is 0 Å². The molecule has 1 aliphatic rings. The van der Waals surface area contributed by atoms with Crippen molar-refractivity contribution in [1.82, 2.24) is 15.5 Å². The highest BCUT2D eigenvalue weighted by Gasteiger charge is 2.42. The fourth-order valence-corrected chi connectivity index (χ4v) is 2.98. The van der Waals surface area contributed by atoms with Crippen molar-refractivity contribution in [3.8, 4) is 17.2 Å². The number of rotatable bonds is 6. The number of hydrogen-bond donors (Lipinski definition) is 2. The number of ether oxygens (including phenoxy) is 2. The highest BCUT2D eigenvalue weighted by Crippen LogP contribution is 2.31. The molecule has 0 saturated carbocycles. The van der Waals surface area contributed by atoms with Crippen molar-refractivity contribution in [1.29, 1.82) is 0 Å². The zero-order valence-electron chi connectivity index (χ0n) is 15.8. The molecule has 0 saturated heterocycles. The highest BCUT2D eigenvalue weighted by atomic mass is 35.5. The van der Waals surface area contributed by atoms with Gasteiger partial charge in [0.1, 0.15) is 16.5 Å². The Bertz CT molecular complexity index is 991. The van der Waals surface area contributed by atoms with Crippen molar-refractivity contribution >= 4 is 11.6 Å². The van der Waals surface area contributed by atoms with Crippen LogP contribution in [0.2, 0.25) is 0 Å². The van der Waals surface area contributed by atoms with Gasteiger partial charge in [-0.15, -0.1) is 0 Å². The molecule has 3 aromatic rings. The van der Waals surface area contributed by atoms with E-state index in [1.165, 1.54) is 0 Å². The van der Waals surface area contributed by atoms with Gasteiger partial charge in [-0.1, -0.05) is 71.3 Å². The summed E-state index contributed by atoms with van der Waals surface area (Å²) in [6.07, 6.45) is -0.962. The number of para-hydroxylation sites is 3. The predicted octanol–water partition coefficient (Wildman–Crippen LogP) is 3.37. The molecular weight excluding hydrogens is 406 g/mol. The van der Waals surface area contributed by atoms with Gasteiger partial charge in [0.2, 0.25) is 12.1 Å². The maximum absolute atomic E-state index is 6.61. The number of nitrogens with zero attached hydrogens (tertiary/aromatic N) is 3. The Morgan fingerprint density at radius 1 is 0.700 bits per heavy atom. The fraction of sp³-hybridized carbons (Fsp3) is 0.0476. The van der Waals surface area contributed by atoms with Gasteiger partial charge in [-0.05, 0) is 36.4 Å². The second kappa shape index (κ2) is 9.04. The topological polar surface area (TPSA) is 89.5 Å². The lowest BCUT2D eigenvalue weighted by Crippen LogP contribution is -2.68. The van der Waals surface area contributed by atoms with Gasteiger partial charge in [0, 0.05) is 0 Å². The summed E-state index contributed by atoms with van der Waals surface area (Å²) in [5, 5.41) is 3.43. The molecule has 4 rings (SSSR count). The van der Waals surface area contributed by atoms with Gasteiger partial charge in [0.05, 0.1) is 5.28 Å². The van der Waals surface area contributed by atoms with Crippen LogP contribution in [0.5, 0.6) is 17.2 Å². The number of halogens is 1. The molecule has 154 valence electrons. The van der Waals surface area contributed by atoms with Crippen LogP contribution in [0.3, 0.4) is 0 Å². The minimum absolute atomic E-state index is 0.0985. The van der Waals surface area contributed by atoms with Crippen molar-refractivity contribution < 1.29 is 14.3 Å². The molecule has 0 spiro atoms. The summed E-state index contributed by atoms with van der Waals surface area (Å²) in [6, 6.07) is 27.2. The van der Waals surface area contributed by atoms with Gasteiger partial charge < -0.3 is 14.3 Å². The average molecular weight is 426 g/mol. The third-order valence-corrected chi connectivity index (χ3v) is 4.48. The largest absolute Gasteiger partial charge is 0.467 e. The summed E-state index contributed by atoms with van der Waals surface area (Å²) in [5.41, 5.74) is 0. The van der Waals surface area contributed by atoms with Crippen molar-refractivity contribution in [3.63, 3.8) is 0 Å². The van der Waals surface area contributed by atoms with Crippen LogP contribution in [0.15, 0.2) is 102 Å². The highest BCUT2D eigenvalue weighted by molar-refractivity contribution is 6.30. The van der Waals surface area contributed by atoms with Gasteiger partial charge in [-0.25, -0.2) is 11.7 Å². The van der Waals surface area contributed by atoms with Crippen LogP contribution < -0.4 is 26.0 Å². The van der Waals surface area contributed by atoms with Crippen LogP contribution in [-0.4, -0.2) is 21.7 Å². The maximum atomic E-state index is 6.61. The van der Waals surface area contributed by atoms with Crippen LogP contribution in [0.1, 0.15) is 0 Å². The van der Waals surface area contributed by atoms with E-state index in [-0.39, 0.29) is 10.9 Å². The first-order valence-corrected chi connectivity index (χ1v) is 9.47. The zero-order chi connectivity index (χ0) is 20.9. The minimum atomic E-state index is -0.962. The monoisotopic (exact) mass is 425 g/mol. The Hall–Kier alpha value is -3.27. The van der Waals surface area contributed by atoms with Crippen molar-refractivity contribution in [2.24, 2.45) is 11.7 Å². The Balaban J connectivity index is 1.69. The molecule has 30 heavy (non-hydrogen) atoms. The number of hydrazine groups is 4. The first-order chi connectivity index (χ1) is 14.6. The summed E-state index contributed by atoms with van der Waals surface area (Å²) in [4.78, 5) is 5.85. The summed E-state index contributed by atoms with van der Waals surface area (Å²) in [5.74, 6) is 14.2. The molecule has 1 atom stereocenters. The van der Waals surface area contributed by atoms with E-state index in [2.05, 4.69) is 0 Å². The van der Waals surface area contributed by atoms with E-state index in [4.69, 9.17) is 37.6 Å². The molecule has 0 radical (unpaired) electrons. The molecule has 4 N–H and O–H groups in total. The quantitative estimate of drug-likeness (QED) is 0.581. The number of nitrogens with two attached hydrogens (primary N) is 2. The Morgan fingerprint density at radius 3 is 1.77 bits per heavy atom. The molecule has 1 aliphatic heterocycles. The van der Waals surface area contributed by atoms with Gasteiger partial charge in [0.15, 0.2) is 5.75 Å². The molecular formula is C21H20ClN5O3. The Morgan fingerprint density at radius 2 is 1.20 bits per heavy atom. The van der Waals surface area contributed by atoms with Crippen LogP contribution in [-0.2, 0) is 0 Å². The first kappa shape index (κ1) is 20.0. The summed E-state index contributed by atoms with van der Waals surface area (Å²) in [6.45, 7) is 0. The normalized spacial score (nSPS) is 17.7. The molecule has 0 amide bonds. The predicted molar refractivity (Wildman–Crippen MR) is 112 cm³/mol. The lowest BCUT2D eigenvalue weighted by molar-refractivity contribution is -0.373. The van der Waals surface area contributed by atoms with Crippen molar-refractivity contribution in [2.75, 3.05) is 0 Å². The molecule has 8 nitrogen and oxygen atoms in total. The molecule has 3 aromatic carbocycles. The van der Waals surface area contributed by atoms with E-state index in [1.54, 1.807) is 36.4 Å². The van der Waals surface area contributed by atoms with Gasteiger partial charge >= 0.3 is 0 Å². The summed E-state index contributed by atoms with van der Waals surface area (Å²) >= 11 is 6.61. The Labute approximate surface area is 178 Å². The van der Waals surface area contributed by atoms with Gasteiger partial charge in [-0.2, -0.15) is 5.12 Å². The standard InChI is InChI=1S/C21H20ClN5O3/c22-19-20(28-16-10-4-1-5-11-16)25(23)27(30-18-14-8-3-9-15-18)26(24)21(19)29-17-12-6-2-7-13-17/h1-15,20H,23-24H2. The second-order valence-electron chi connectivity index (χ2n) is 6.23. The molecule has 0 aromatic heterocycles. The molecule has 1 unspecified atom stereocenters. The molecule has 9 heteroatoms. The first-order valence-electron chi connectivity index (χ1n) is 9.09. The zero-order valence-corrected chi connectivity index (χ0v) is 16.6. The molecule has 0 aliphatic carbocycles. The van der Waals surface area contributed by atoms with E-state index in [0.29, 0.717) is 17.2 Å². The Kier molecular flexibility index (Phi) is 6.03. The fourth-order valence-electron chi connectivity index (χ4n) is 2.71. The van der Waals surface area contributed by atoms with E-state index < -0.39 is 6.23 Å². The third-order valence-electron chi connectivity index (χ3n) is 4.13. The lowest BCUT2D eigenvalue weighted by atomic mass is 10.3. The number of benzene rings is 3. The lowest BCUT2D eigenvalue weighted by Gasteiger charge is -2.43.